The van der Waals surface area contributed by atoms with Gasteiger partial charge in [0.05, 0.1) is 12.6 Å². The van der Waals surface area contributed by atoms with E-state index in [2.05, 4.69) is 10.0 Å². The van der Waals surface area contributed by atoms with Crippen molar-refractivity contribution in [3.8, 4) is 11.5 Å². The number of hydrogen-bond donors (Lipinski definition) is 0. The molecule has 0 aliphatic rings. The summed E-state index contributed by atoms with van der Waals surface area (Å²) in [6.45, 7) is 2.09. The molecule has 0 spiro atoms. The molecule has 0 amide bonds. The van der Waals surface area contributed by atoms with Gasteiger partial charge in [-0.3, -0.25) is 4.52 Å². The van der Waals surface area contributed by atoms with Crippen LogP contribution < -0.4 is 9.05 Å². The largest absolute Gasteiger partial charge is 0.587 e. The summed E-state index contributed by atoms with van der Waals surface area (Å²) >= 11 is 0. The Hall–Kier alpha value is -2.46. The quantitative estimate of drug-likeness (QED) is 0.204. The first-order valence-electron chi connectivity index (χ1n) is 8.44. The molecule has 1 unspecified atom stereocenters. The van der Waals surface area contributed by atoms with Crippen LogP contribution in [0.15, 0.2) is 65.8 Å². The van der Waals surface area contributed by atoms with Crippen LogP contribution in [-0.4, -0.2) is 12.6 Å². The zero-order chi connectivity index (χ0) is 18.7. The first kappa shape index (κ1) is 19.9. The van der Waals surface area contributed by atoms with Gasteiger partial charge in [-0.05, 0) is 36.2 Å². The average molecular weight is 375 g/mol. The van der Waals surface area contributed by atoms with Crippen molar-refractivity contribution in [3.05, 3.63) is 71.1 Å². The highest BCUT2D eigenvalue weighted by molar-refractivity contribution is 7.49. The number of benzene rings is 2. The fourth-order valence-corrected chi connectivity index (χ4v) is 3.62. The number of unbranched alkanes of at least 4 members (excludes halogenated alkanes) is 1. The lowest BCUT2D eigenvalue weighted by Gasteiger charge is -2.23. The maximum absolute atomic E-state index is 13.3. The van der Waals surface area contributed by atoms with E-state index in [-0.39, 0.29) is 6.54 Å². The second-order valence-corrected chi connectivity index (χ2v) is 7.01. The smallest absolute Gasteiger partial charge is 0.395 e. The van der Waals surface area contributed by atoms with Gasteiger partial charge >= 0.3 is 7.82 Å². The Kier molecular flexibility index (Phi) is 8.03. The molecule has 1 atom stereocenters. The van der Waals surface area contributed by atoms with Crippen LogP contribution in [0.3, 0.4) is 0 Å². The first-order chi connectivity index (χ1) is 12.6. The predicted octanol–water partition coefficient (Wildman–Crippen LogP) is 6.14. The third kappa shape index (κ3) is 6.81. The highest BCUT2D eigenvalue weighted by atomic mass is 31.2. The predicted molar refractivity (Wildman–Crippen MR) is 100 cm³/mol. The second kappa shape index (κ2) is 10.5. The van der Waals surface area contributed by atoms with Crippen molar-refractivity contribution in [1.29, 1.82) is 0 Å². The molecule has 0 saturated heterocycles. The summed E-state index contributed by atoms with van der Waals surface area (Å²) in [7, 11) is -3.98. The molecule has 0 aromatic heterocycles. The Bertz CT molecular complexity index is 706. The van der Waals surface area contributed by atoms with Gasteiger partial charge in [-0.2, -0.15) is 0 Å². The third-order valence-electron chi connectivity index (χ3n) is 3.43. The minimum absolute atomic E-state index is 0.0524. The van der Waals surface area contributed by atoms with Crippen molar-refractivity contribution in [3.63, 3.8) is 0 Å². The van der Waals surface area contributed by atoms with E-state index in [1.54, 1.807) is 48.5 Å². The Morgan fingerprint density at radius 1 is 1.04 bits per heavy atom. The van der Waals surface area contributed by atoms with Gasteiger partial charge in [-0.15, -0.1) is 0 Å². The highest BCUT2D eigenvalue weighted by Crippen LogP contribution is 2.51. The molecule has 8 heteroatoms. The van der Waals surface area contributed by atoms with Crippen molar-refractivity contribution < 1.29 is 18.1 Å². The zero-order valence-electron chi connectivity index (χ0n) is 14.6. The van der Waals surface area contributed by atoms with E-state index in [0.29, 0.717) is 17.9 Å². The van der Waals surface area contributed by atoms with Crippen LogP contribution in [0.2, 0.25) is 0 Å². The summed E-state index contributed by atoms with van der Waals surface area (Å²) < 4.78 is 30.1. The molecule has 2 aromatic rings. The van der Waals surface area contributed by atoms with Gasteiger partial charge in [0.1, 0.15) is 11.5 Å². The maximum Gasteiger partial charge on any atom is 0.587 e. The molecule has 26 heavy (non-hydrogen) atoms. The fraction of sp³-hybridized carbons (Fsp3) is 0.333. The summed E-state index contributed by atoms with van der Waals surface area (Å²) in [6.07, 6.45) is 1.78. The molecular weight excluding hydrogens is 353 g/mol. The van der Waals surface area contributed by atoms with Gasteiger partial charge in [0.2, 0.25) is 0 Å². The number of hydrogen-bond acceptors (Lipinski definition) is 5. The second-order valence-electron chi connectivity index (χ2n) is 5.54. The lowest BCUT2D eigenvalue weighted by Crippen LogP contribution is -2.19. The van der Waals surface area contributed by atoms with Gasteiger partial charge in [-0.1, -0.05) is 61.3 Å². The van der Waals surface area contributed by atoms with Crippen molar-refractivity contribution in [2.45, 2.75) is 32.3 Å². The minimum Gasteiger partial charge on any atom is -0.395 e. The summed E-state index contributed by atoms with van der Waals surface area (Å²) in [5.41, 5.74) is 8.58. The molecule has 2 aromatic carbocycles. The van der Waals surface area contributed by atoms with Crippen LogP contribution >= 0.6 is 7.82 Å². The minimum atomic E-state index is -3.98. The molecule has 0 aliphatic carbocycles. The monoisotopic (exact) mass is 375 g/mol. The number of nitrogens with zero attached hydrogens (tertiary/aromatic N) is 3. The van der Waals surface area contributed by atoms with Crippen LogP contribution in [0.1, 0.15) is 26.2 Å². The number of phosphoric acid groups is 1. The van der Waals surface area contributed by atoms with Crippen molar-refractivity contribution >= 4 is 7.82 Å². The van der Waals surface area contributed by atoms with E-state index in [1.165, 1.54) is 0 Å². The number of para-hydroxylation sites is 2. The van der Waals surface area contributed by atoms with Gasteiger partial charge in [0.15, 0.2) is 0 Å². The van der Waals surface area contributed by atoms with Crippen molar-refractivity contribution in [1.82, 2.24) is 0 Å². The van der Waals surface area contributed by atoms with Crippen molar-refractivity contribution in [2.24, 2.45) is 5.11 Å². The Morgan fingerprint density at radius 3 is 2.04 bits per heavy atom. The van der Waals surface area contributed by atoms with E-state index < -0.39 is 13.9 Å². The van der Waals surface area contributed by atoms with E-state index in [1.807, 2.05) is 19.1 Å². The van der Waals surface area contributed by atoms with E-state index in [4.69, 9.17) is 19.1 Å². The first-order valence-corrected chi connectivity index (χ1v) is 9.90. The topological polar surface area (TPSA) is 93.5 Å². The molecular formula is C18H22N3O4P. The van der Waals surface area contributed by atoms with E-state index in [9.17, 15) is 4.57 Å². The van der Waals surface area contributed by atoms with Gasteiger partial charge in [-0.25, -0.2) is 4.57 Å². The highest BCUT2D eigenvalue weighted by Gasteiger charge is 2.34. The molecule has 138 valence electrons. The van der Waals surface area contributed by atoms with Gasteiger partial charge in [0, 0.05) is 4.91 Å². The van der Waals surface area contributed by atoms with E-state index >= 15 is 0 Å². The summed E-state index contributed by atoms with van der Waals surface area (Å²) in [6, 6.07) is 17.3. The SMILES string of the molecule is CCCCC(CN=[N+]=[N-])OP(=O)(Oc1ccccc1)Oc1ccccc1. The molecule has 0 N–H and O–H groups in total. The summed E-state index contributed by atoms with van der Waals surface area (Å²) in [5.74, 6) is 0.731. The van der Waals surface area contributed by atoms with Crippen LogP contribution in [0.25, 0.3) is 10.4 Å². The standard InChI is InChI=1S/C18H22N3O4P/c1-2-3-10-18(15-20-21-19)25-26(22,23-16-11-6-4-7-12-16)24-17-13-8-5-9-14-17/h4-9,11-14,18H,2-3,10,15H2,1H3. The number of phosphoric ester groups is 1. The Labute approximate surface area is 153 Å². The molecule has 0 saturated carbocycles. The summed E-state index contributed by atoms with van der Waals surface area (Å²) in [5, 5.41) is 3.55. The maximum atomic E-state index is 13.3. The lowest BCUT2D eigenvalue weighted by molar-refractivity contribution is 0.139. The van der Waals surface area contributed by atoms with Crippen LogP contribution in [-0.2, 0) is 9.09 Å². The van der Waals surface area contributed by atoms with Crippen molar-refractivity contribution in [2.75, 3.05) is 6.54 Å². The zero-order valence-corrected chi connectivity index (χ0v) is 15.5. The molecule has 0 radical (unpaired) electrons. The van der Waals surface area contributed by atoms with E-state index in [0.717, 1.165) is 12.8 Å². The number of rotatable bonds is 11. The molecule has 0 aliphatic heterocycles. The molecule has 0 fully saturated rings. The third-order valence-corrected chi connectivity index (χ3v) is 4.85. The molecule has 0 bridgehead atoms. The molecule has 0 heterocycles. The number of azide groups is 1. The van der Waals surface area contributed by atoms with Crippen LogP contribution in [0.4, 0.5) is 0 Å². The normalized spacial score (nSPS) is 12.0. The molecule has 2 rings (SSSR count). The van der Waals surface area contributed by atoms with Crippen LogP contribution in [0, 0.1) is 0 Å². The lowest BCUT2D eigenvalue weighted by atomic mass is 10.2. The Balaban J connectivity index is 2.22. The van der Waals surface area contributed by atoms with Crippen LogP contribution in [0.5, 0.6) is 11.5 Å². The van der Waals surface area contributed by atoms with Gasteiger partial charge in [0.25, 0.3) is 0 Å². The Morgan fingerprint density at radius 2 is 1.58 bits per heavy atom. The molecule has 7 nitrogen and oxygen atoms in total. The fourth-order valence-electron chi connectivity index (χ4n) is 2.20. The summed E-state index contributed by atoms with van der Waals surface area (Å²) in [4.78, 5) is 2.76. The van der Waals surface area contributed by atoms with Gasteiger partial charge < -0.3 is 9.05 Å². The average Bonchev–Trinajstić information content (AvgIpc) is 2.65.